The Hall–Kier alpha value is -1.41. The van der Waals surface area contributed by atoms with Crippen LogP contribution in [0.1, 0.15) is 39.3 Å². The highest BCUT2D eigenvalue weighted by molar-refractivity contribution is 9.10. The van der Waals surface area contributed by atoms with Crippen molar-refractivity contribution in [3.8, 4) is 6.01 Å². The summed E-state index contributed by atoms with van der Waals surface area (Å²) in [4.78, 5) is 13.0. The third-order valence-corrected chi connectivity index (χ3v) is 3.85. The van der Waals surface area contributed by atoms with E-state index in [9.17, 15) is 0 Å². The molecule has 0 bridgehead atoms. The van der Waals surface area contributed by atoms with Gasteiger partial charge in [-0.3, -0.25) is 4.57 Å². The molecule has 1 fully saturated rings. The van der Waals surface area contributed by atoms with E-state index in [1.807, 2.05) is 18.4 Å². The molecule has 8 heteroatoms. The summed E-state index contributed by atoms with van der Waals surface area (Å²) < 4.78 is 13.9. The van der Waals surface area contributed by atoms with E-state index in [1.54, 1.807) is 0 Å². The molecule has 2 aromatic rings. The van der Waals surface area contributed by atoms with Crippen molar-refractivity contribution in [3.63, 3.8) is 0 Å². The standard InChI is InChI=1S/C13H18BrN5O2/c1-7(2)21-13-17-10(15)9-11(18-13)19(12(14)16-9)8-5-3-4-6-20-8/h7-8H,3-6H2,1-2H3,(H2,15,17,18)/t8-/m0/s1. The van der Waals surface area contributed by atoms with Gasteiger partial charge in [0.1, 0.15) is 6.23 Å². The molecule has 0 radical (unpaired) electrons. The lowest BCUT2D eigenvalue weighted by atomic mass is 10.2. The molecule has 114 valence electrons. The Bertz CT molecular complexity index is 652. The minimum Gasteiger partial charge on any atom is -0.461 e. The Morgan fingerprint density at radius 2 is 2.14 bits per heavy atom. The van der Waals surface area contributed by atoms with Crippen molar-refractivity contribution in [2.24, 2.45) is 0 Å². The van der Waals surface area contributed by atoms with Gasteiger partial charge in [-0.25, -0.2) is 4.98 Å². The second-order valence-electron chi connectivity index (χ2n) is 5.30. The topological polar surface area (TPSA) is 88.1 Å². The van der Waals surface area contributed by atoms with Gasteiger partial charge in [0, 0.05) is 6.61 Å². The number of ether oxygens (including phenoxy) is 2. The number of nitrogens with zero attached hydrogens (tertiary/aromatic N) is 4. The van der Waals surface area contributed by atoms with Crippen molar-refractivity contribution in [2.75, 3.05) is 12.3 Å². The molecule has 1 atom stereocenters. The number of imidazole rings is 1. The lowest BCUT2D eigenvalue weighted by Gasteiger charge is -2.24. The summed E-state index contributed by atoms with van der Waals surface area (Å²) in [5.74, 6) is 0.311. The minimum absolute atomic E-state index is 0.0207. The number of anilines is 1. The molecule has 1 aliphatic heterocycles. The molecule has 2 aromatic heterocycles. The quantitative estimate of drug-likeness (QED) is 0.851. The van der Waals surface area contributed by atoms with Crippen LogP contribution >= 0.6 is 15.9 Å². The molecule has 2 N–H and O–H groups in total. The number of aromatic nitrogens is 4. The van der Waals surface area contributed by atoms with E-state index in [-0.39, 0.29) is 18.3 Å². The van der Waals surface area contributed by atoms with Gasteiger partial charge in [-0.1, -0.05) is 0 Å². The van der Waals surface area contributed by atoms with Crippen molar-refractivity contribution in [1.29, 1.82) is 0 Å². The maximum Gasteiger partial charge on any atom is 0.320 e. The van der Waals surface area contributed by atoms with Crippen molar-refractivity contribution in [2.45, 2.75) is 45.4 Å². The molecule has 1 aliphatic rings. The maximum atomic E-state index is 5.98. The Kier molecular flexibility index (Phi) is 3.99. The lowest BCUT2D eigenvalue weighted by Crippen LogP contribution is -2.19. The number of fused-ring (bicyclic) bond motifs is 1. The molecule has 0 unspecified atom stereocenters. The van der Waals surface area contributed by atoms with E-state index < -0.39 is 0 Å². The highest BCUT2D eigenvalue weighted by Gasteiger charge is 2.24. The average Bonchev–Trinajstić information content (AvgIpc) is 2.76. The summed E-state index contributed by atoms with van der Waals surface area (Å²) in [6, 6.07) is 0.263. The van der Waals surface area contributed by atoms with Crippen LogP contribution in [0, 0.1) is 0 Å². The first-order valence-corrected chi connectivity index (χ1v) is 7.84. The second kappa shape index (κ2) is 5.76. The SMILES string of the molecule is CC(C)Oc1nc(N)c2nc(Br)n([C@@H]3CCCCO3)c2n1. The summed E-state index contributed by atoms with van der Waals surface area (Å²) in [6.45, 7) is 4.58. The average molecular weight is 356 g/mol. The van der Waals surface area contributed by atoms with E-state index in [1.165, 1.54) is 0 Å². The fourth-order valence-electron chi connectivity index (χ4n) is 2.39. The normalized spacial score (nSPS) is 19.3. The minimum atomic E-state index is -0.0840. The van der Waals surface area contributed by atoms with Crippen LogP contribution in [0.4, 0.5) is 5.82 Å². The van der Waals surface area contributed by atoms with Crippen LogP contribution in [-0.4, -0.2) is 32.2 Å². The monoisotopic (exact) mass is 355 g/mol. The molecule has 7 nitrogen and oxygen atoms in total. The second-order valence-corrected chi connectivity index (χ2v) is 6.01. The predicted molar refractivity (Wildman–Crippen MR) is 82.0 cm³/mol. The molecular formula is C13H18BrN5O2. The van der Waals surface area contributed by atoms with Crippen LogP contribution in [0.5, 0.6) is 6.01 Å². The van der Waals surface area contributed by atoms with E-state index >= 15 is 0 Å². The van der Waals surface area contributed by atoms with Crippen molar-refractivity contribution >= 4 is 32.9 Å². The van der Waals surface area contributed by atoms with Crippen molar-refractivity contribution in [1.82, 2.24) is 19.5 Å². The molecule has 0 aromatic carbocycles. The molecular weight excluding hydrogens is 338 g/mol. The Balaban J connectivity index is 2.09. The number of halogens is 1. The molecule has 21 heavy (non-hydrogen) atoms. The molecule has 0 amide bonds. The molecule has 3 rings (SSSR count). The van der Waals surface area contributed by atoms with Gasteiger partial charge in [0.25, 0.3) is 0 Å². The van der Waals surface area contributed by atoms with Gasteiger partial charge in [0.2, 0.25) is 0 Å². The predicted octanol–water partition coefficient (Wildman–Crippen LogP) is 2.66. The van der Waals surface area contributed by atoms with Crippen LogP contribution in [0.3, 0.4) is 0 Å². The first kappa shape index (κ1) is 14.5. The van der Waals surface area contributed by atoms with E-state index in [2.05, 4.69) is 30.9 Å². The smallest absolute Gasteiger partial charge is 0.320 e. The summed E-state index contributed by atoms with van der Waals surface area (Å²) in [5.41, 5.74) is 7.17. The highest BCUT2D eigenvalue weighted by atomic mass is 79.9. The van der Waals surface area contributed by atoms with Crippen LogP contribution in [0.15, 0.2) is 4.73 Å². The van der Waals surface area contributed by atoms with E-state index in [0.29, 0.717) is 21.7 Å². The number of nitrogen functional groups attached to an aromatic ring is 1. The molecule has 0 spiro atoms. The van der Waals surface area contributed by atoms with Gasteiger partial charge >= 0.3 is 6.01 Å². The van der Waals surface area contributed by atoms with Gasteiger partial charge in [-0.15, -0.1) is 0 Å². The van der Waals surface area contributed by atoms with Gasteiger partial charge in [0.05, 0.1) is 6.10 Å². The number of hydrogen-bond acceptors (Lipinski definition) is 6. The maximum absolute atomic E-state index is 5.98. The zero-order valence-electron chi connectivity index (χ0n) is 12.0. The zero-order chi connectivity index (χ0) is 15.0. The van der Waals surface area contributed by atoms with Gasteiger partial charge < -0.3 is 15.2 Å². The Morgan fingerprint density at radius 1 is 1.33 bits per heavy atom. The number of nitrogens with two attached hydrogens (primary N) is 1. The summed E-state index contributed by atoms with van der Waals surface area (Å²) in [6.07, 6.45) is 3.02. The first-order chi connectivity index (χ1) is 10.1. The van der Waals surface area contributed by atoms with Gasteiger partial charge in [-0.05, 0) is 49.0 Å². The van der Waals surface area contributed by atoms with Crippen LogP contribution < -0.4 is 10.5 Å². The van der Waals surface area contributed by atoms with Crippen LogP contribution in [0.25, 0.3) is 11.2 Å². The van der Waals surface area contributed by atoms with Crippen LogP contribution in [0.2, 0.25) is 0 Å². The van der Waals surface area contributed by atoms with Gasteiger partial charge in [0.15, 0.2) is 21.7 Å². The number of rotatable bonds is 3. The zero-order valence-corrected chi connectivity index (χ0v) is 13.6. The van der Waals surface area contributed by atoms with Crippen LogP contribution in [-0.2, 0) is 4.74 Å². The number of hydrogen-bond donors (Lipinski definition) is 1. The fourth-order valence-corrected chi connectivity index (χ4v) is 2.97. The summed E-state index contributed by atoms with van der Waals surface area (Å²) in [5, 5.41) is 0. The van der Waals surface area contributed by atoms with E-state index in [4.69, 9.17) is 15.2 Å². The molecule has 0 aliphatic carbocycles. The molecule has 3 heterocycles. The molecule has 0 saturated carbocycles. The van der Waals surface area contributed by atoms with E-state index in [0.717, 1.165) is 25.9 Å². The van der Waals surface area contributed by atoms with Gasteiger partial charge in [-0.2, -0.15) is 9.97 Å². The summed E-state index contributed by atoms with van der Waals surface area (Å²) >= 11 is 3.46. The third kappa shape index (κ3) is 2.82. The largest absolute Gasteiger partial charge is 0.461 e. The lowest BCUT2D eigenvalue weighted by molar-refractivity contribution is -0.0311. The van der Waals surface area contributed by atoms with Crippen molar-refractivity contribution < 1.29 is 9.47 Å². The molecule has 1 saturated heterocycles. The Labute approximate surface area is 131 Å². The summed E-state index contributed by atoms with van der Waals surface area (Å²) in [7, 11) is 0. The third-order valence-electron chi connectivity index (χ3n) is 3.29. The van der Waals surface area contributed by atoms with Crippen molar-refractivity contribution in [3.05, 3.63) is 4.73 Å². The Morgan fingerprint density at radius 3 is 2.81 bits per heavy atom. The highest BCUT2D eigenvalue weighted by Crippen LogP contribution is 2.32. The first-order valence-electron chi connectivity index (χ1n) is 7.05. The fraction of sp³-hybridized carbons (Fsp3) is 0.615.